The van der Waals surface area contributed by atoms with E-state index < -0.39 is 0 Å². The number of likely N-dealkylation sites (tertiary alicyclic amines) is 1. The second kappa shape index (κ2) is 6.25. The van der Waals surface area contributed by atoms with Crippen LogP contribution in [0.2, 0.25) is 0 Å². The summed E-state index contributed by atoms with van der Waals surface area (Å²) in [6, 6.07) is 3.75. The Balaban J connectivity index is 2.10. The molecule has 4 heteroatoms. The number of nitrogens with one attached hydrogen (secondary N) is 1. The minimum absolute atomic E-state index is 0.0635. The largest absolute Gasteiger partial charge is 0.385 e. The number of carbonyl (C=O) groups is 1. The van der Waals surface area contributed by atoms with Crippen molar-refractivity contribution in [2.45, 2.75) is 40.0 Å². The molecule has 1 saturated heterocycles. The lowest BCUT2D eigenvalue weighted by Crippen LogP contribution is -2.32. The fourth-order valence-corrected chi connectivity index (χ4v) is 2.96. The van der Waals surface area contributed by atoms with Gasteiger partial charge in [-0.1, -0.05) is 13.8 Å². The van der Waals surface area contributed by atoms with Crippen LogP contribution in [0.5, 0.6) is 0 Å². The molecule has 1 aliphatic rings. The summed E-state index contributed by atoms with van der Waals surface area (Å²) in [6.07, 6.45) is 5.09. The van der Waals surface area contributed by atoms with Gasteiger partial charge in [-0.3, -0.25) is 9.78 Å². The Hall–Kier alpha value is -1.58. The number of rotatable bonds is 5. The van der Waals surface area contributed by atoms with Crippen molar-refractivity contribution in [1.29, 1.82) is 0 Å². The molecule has 0 aromatic carbocycles. The van der Waals surface area contributed by atoms with Gasteiger partial charge in [0.25, 0.3) is 5.91 Å². The van der Waals surface area contributed by atoms with Gasteiger partial charge in [0.1, 0.15) is 5.69 Å². The molecule has 1 N–H and O–H groups in total. The van der Waals surface area contributed by atoms with Crippen molar-refractivity contribution >= 4 is 11.6 Å². The van der Waals surface area contributed by atoms with Crippen molar-refractivity contribution in [3.05, 3.63) is 24.0 Å². The van der Waals surface area contributed by atoms with Crippen LogP contribution >= 0.6 is 0 Å². The summed E-state index contributed by atoms with van der Waals surface area (Å²) in [7, 11) is 0. The maximum atomic E-state index is 12.6. The Kier molecular flexibility index (Phi) is 4.63. The number of carbonyl (C=O) groups excluding carboxylic acids is 1. The predicted octanol–water partition coefficient (Wildman–Crippen LogP) is 3.17. The van der Waals surface area contributed by atoms with Gasteiger partial charge in [-0.25, -0.2) is 0 Å². The first kappa shape index (κ1) is 14.8. The van der Waals surface area contributed by atoms with E-state index in [2.05, 4.69) is 24.1 Å². The van der Waals surface area contributed by atoms with Crippen molar-refractivity contribution in [3.63, 3.8) is 0 Å². The van der Waals surface area contributed by atoms with Crippen LogP contribution in [-0.4, -0.2) is 35.4 Å². The van der Waals surface area contributed by atoms with Crippen LogP contribution in [0.1, 0.15) is 50.5 Å². The summed E-state index contributed by atoms with van der Waals surface area (Å²) >= 11 is 0. The number of hydrogen-bond acceptors (Lipinski definition) is 3. The van der Waals surface area contributed by atoms with E-state index in [0.29, 0.717) is 11.1 Å². The van der Waals surface area contributed by atoms with Crippen molar-refractivity contribution in [3.8, 4) is 0 Å². The van der Waals surface area contributed by atoms with Crippen LogP contribution in [0.4, 0.5) is 5.69 Å². The minimum Gasteiger partial charge on any atom is -0.385 e. The standard InChI is InChI=1S/C16H25N3O/c1-4-16(5-2)8-10-19(12-16)15(20)14-11-13(17-6-3)7-9-18-14/h7,9,11H,4-6,8,10,12H2,1-3H3,(H,17,18). The molecule has 0 radical (unpaired) electrons. The number of hydrogen-bond donors (Lipinski definition) is 1. The molecule has 1 amide bonds. The van der Waals surface area contributed by atoms with Gasteiger partial charge in [-0.2, -0.15) is 0 Å². The molecule has 4 nitrogen and oxygen atoms in total. The molecular formula is C16H25N3O. The zero-order valence-electron chi connectivity index (χ0n) is 12.8. The highest BCUT2D eigenvalue weighted by atomic mass is 16.2. The first-order valence-corrected chi connectivity index (χ1v) is 7.63. The Morgan fingerprint density at radius 3 is 2.75 bits per heavy atom. The van der Waals surface area contributed by atoms with Crippen LogP contribution in [0.25, 0.3) is 0 Å². The van der Waals surface area contributed by atoms with Crippen molar-refractivity contribution < 1.29 is 4.79 Å². The summed E-state index contributed by atoms with van der Waals surface area (Å²) in [6.45, 7) is 9.05. The molecule has 1 aromatic rings. The van der Waals surface area contributed by atoms with E-state index in [1.165, 1.54) is 0 Å². The summed E-state index contributed by atoms with van der Waals surface area (Å²) in [4.78, 5) is 18.8. The third-order valence-corrected chi connectivity index (χ3v) is 4.59. The smallest absolute Gasteiger partial charge is 0.272 e. The fraction of sp³-hybridized carbons (Fsp3) is 0.625. The molecule has 1 aromatic heterocycles. The molecule has 0 atom stereocenters. The maximum absolute atomic E-state index is 12.6. The Bertz CT molecular complexity index is 469. The molecule has 0 bridgehead atoms. The number of anilines is 1. The molecule has 2 rings (SSSR count). The highest BCUT2D eigenvalue weighted by molar-refractivity contribution is 5.93. The summed E-state index contributed by atoms with van der Waals surface area (Å²) in [5, 5.41) is 3.22. The quantitative estimate of drug-likeness (QED) is 0.897. The van der Waals surface area contributed by atoms with E-state index in [-0.39, 0.29) is 5.91 Å². The van der Waals surface area contributed by atoms with Gasteiger partial charge < -0.3 is 10.2 Å². The fourth-order valence-electron chi connectivity index (χ4n) is 2.96. The zero-order chi connectivity index (χ0) is 14.6. The predicted molar refractivity (Wildman–Crippen MR) is 81.9 cm³/mol. The number of nitrogens with zero attached hydrogens (tertiary/aromatic N) is 2. The van der Waals surface area contributed by atoms with Crippen molar-refractivity contribution in [1.82, 2.24) is 9.88 Å². The van der Waals surface area contributed by atoms with E-state index in [1.807, 2.05) is 24.0 Å². The van der Waals surface area contributed by atoms with Crippen molar-refractivity contribution in [2.75, 3.05) is 25.0 Å². The van der Waals surface area contributed by atoms with E-state index >= 15 is 0 Å². The SMILES string of the molecule is CCNc1ccnc(C(=O)N2CCC(CC)(CC)C2)c1. The van der Waals surface area contributed by atoms with Gasteiger partial charge in [0.05, 0.1) is 0 Å². The highest BCUT2D eigenvalue weighted by Crippen LogP contribution is 2.37. The lowest BCUT2D eigenvalue weighted by molar-refractivity contribution is 0.0764. The van der Waals surface area contributed by atoms with Crippen LogP contribution in [0.3, 0.4) is 0 Å². The van der Waals surface area contributed by atoms with E-state index in [0.717, 1.165) is 44.6 Å². The van der Waals surface area contributed by atoms with Crippen LogP contribution in [-0.2, 0) is 0 Å². The lowest BCUT2D eigenvalue weighted by Gasteiger charge is -2.26. The molecule has 2 heterocycles. The van der Waals surface area contributed by atoms with E-state index in [9.17, 15) is 4.79 Å². The van der Waals surface area contributed by atoms with Crippen LogP contribution < -0.4 is 5.32 Å². The third kappa shape index (κ3) is 2.94. The average Bonchev–Trinajstić information content (AvgIpc) is 2.92. The molecule has 0 aliphatic carbocycles. The Morgan fingerprint density at radius 2 is 2.15 bits per heavy atom. The highest BCUT2D eigenvalue weighted by Gasteiger charge is 2.37. The average molecular weight is 275 g/mol. The second-order valence-corrected chi connectivity index (χ2v) is 5.64. The molecule has 110 valence electrons. The molecule has 0 unspecified atom stereocenters. The molecule has 1 fully saturated rings. The molecule has 0 spiro atoms. The monoisotopic (exact) mass is 275 g/mol. The molecular weight excluding hydrogens is 250 g/mol. The minimum atomic E-state index is 0.0635. The van der Waals surface area contributed by atoms with Gasteiger partial charge in [0, 0.05) is 31.5 Å². The van der Waals surface area contributed by atoms with Gasteiger partial charge in [-0.15, -0.1) is 0 Å². The third-order valence-electron chi connectivity index (χ3n) is 4.59. The number of pyridine rings is 1. The first-order chi connectivity index (χ1) is 9.64. The van der Waals surface area contributed by atoms with Gasteiger partial charge in [-0.05, 0) is 43.7 Å². The van der Waals surface area contributed by atoms with Gasteiger partial charge in [0.2, 0.25) is 0 Å². The molecule has 0 saturated carbocycles. The normalized spacial score (nSPS) is 17.2. The summed E-state index contributed by atoms with van der Waals surface area (Å²) < 4.78 is 0. The summed E-state index contributed by atoms with van der Waals surface area (Å²) in [5.41, 5.74) is 1.82. The van der Waals surface area contributed by atoms with Crippen LogP contribution in [0.15, 0.2) is 18.3 Å². The number of aromatic nitrogens is 1. The van der Waals surface area contributed by atoms with Gasteiger partial charge >= 0.3 is 0 Å². The van der Waals surface area contributed by atoms with Crippen molar-refractivity contribution in [2.24, 2.45) is 5.41 Å². The molecule has 1 aliphatic heterocycles. The van der Waals surface area contributed by atoms with Gasteiger partial charge in [0.15, 0.2) is 0 Å². The van der Waals surface area contributed by atoms with Crippen LogP contribution in [0, 0.1) is 5.41 Å². The first-order valence-electron chi connectivity index (χ1n) is 7.63. The lowest BCUT2D eigenvalue weighted by atomic mass is 9.82. The summed E-state index contributed by atoms with van der Waals surface area (Å²) in [5.74, 6) is 0.0635. The second-order valence-electron chi connectivity index (χ2n) is 5.64. The molecule has 20 heavy (non-hydrogen) atoms. The Labute approximate surface area is 121 Å². The topological polar surface area (TPSA) is 45.2 Å². The number of amides is 1. The zero-order valence-corrected chi connectivity index (χ0v) is 12.8. The van der Waals surface area contributed by atoms with E-state index in [4.69, 9.17) is 0 Å². The Morgan fingerprint density at radius 1 is 1.40 bits per heavy atom. The maximum Gasteiger partial charge on any atom is 0.272 e. The van der Waals surface area contributed by atoms with E-state index in [1.54, 1.807) is 6.20 Å².